The van der Waals surface area contributed by atoms with Crippen molar-refractivity contribution < 1.29 is 4.74 Å². The van der Waals surface area contributed by atoms with Gasteiger partial charge in [-0.15, -0.1) is 11.6 Å². The topological polar surface area (TPSA) is 9.23 Å². The van der Waals surface area contributed by atoms with Crippen LogP contribution in [0.5, 0.6) is 0 Å². The van der Waals surface area contributed by atoms with Gasteiger partial charge in [-0.2, -0.15) is 0 Å². The van der Waals surface area contributed by atoms with Gasteiger partial charge >= 0.3 is 0 Å². The zero-order valence-corrected chi connectivity index (χ0v) is 12.7. The second kappa shape index (κ2) is 5.15. The Morgan fingerprint density at radius 1 is 1.28 bits per heavy atom. The Balaban J connectivity index is 1.80. The summed E-state index contributed by atoms with van der Waals surface area (Å²) in [6, 6.07) is 8.61. The summed E-state index contributed by atoms with van der Waals surface area (Å²) in [5.74, 6) is 1.48. The Hall–Kier alpha value is -0.0500. The summed E-state index contributed by atoms with van der Waals surface area (Å²) in [6.07, 6.45) is 5.19. The second-order valence-corrected chi connectivity index (χ2v) is 6.86. The van der Waals surface area contributed by atoms with Gasteiger partial charge in [-0.1, -0.05) is 28.1 Å². The second-order valence-electron chi connectivity index (χ2n) is 5.68. The molecule has 0 aromatic heterocycles. The highest BCUT2D eigenvalue weighted by Crippen LogP contribution is 2.50. The average molecular weight is 330 g/mol. The van der Waals surface area contributed by atoms with Gasteiger partial charge in [0.1, 0.15) is 0 Å². The third kappa shape index (κ3) is 2.48. The van der Waals surface area contributed by atoms with Crippen molar-refractivity contribution in [3.63, 3.8) is 0 Å². The molecule has 1 nitrogen and oxygen atoms in total. The van der Waals surface area contributed by atoms with E-state index in [9.17, 15) is 0 Å². The van der Waals surface area contributed by atoms with Crippen LogP contribution in [0, 0.1) is 11.3 Å². The summed E-state index contributed by atoms with van der Waals surface area (Å²) in [4.78, 5) is 0. The Morgan fingerprint density at radius 2 is 2.00 bits per heavy atom. The summed E-state index contributed by atoms with van der Waals surface area (Å²) in [7, 11) is 0. The lowest BCUT2D eigenvalue weighted by Gasteiger charge is -2.32. The molecule has 18 heavy (non-hydrogen) atoms. The number of hydrogen-bond donors (Lipinski definition) is 0. The Labute approximate surface area is 122 Å². The molecule has 1 aromatic rings. The molecule has 0 radical (unpaired) electrons. The fourth-order valence-electron chi connectivity index (χ4n) is 3.13. The van der Waals surface area contributed by atoms with E-state index in [1.807, 2.05) is 0 Å². The summed E-state index contributed by atoms with van der Waals surface area (Å²) < 4.78 is 7.12. The Bertz CT molecular complexity index is 415. The van der Waals surface area contributed by atoms with Gasteiger partial charge in [-0.05, 0) is 49.3 Å². The van der Waals surface area contributed by atoms with Crippen molar-refractivity contribution in [3.05, 3.63) is 34.3 Å². The van der Waals surface area contributed by atoms with Crippen molar-refractivity contribution in [1.82, 2.24) is 0 Å². The third-order valence-corrected chi connectivity index (χ3v) is 5.35. The molecule has 2 fully saturated rings. The van der Waals surface area contributed by atoms with E-state index in [0.29, 0.717) is 12.0 Å². The molecular formula is C15H18BrClO. The summed E-state index contributed by atoms with van der Waals surface area (Å²) in [5.41, 5.74) is 1.53. The van der Waals surface area contributed by atoms with Gasteiger partial charge in [0.05, 0.1) is 6.10 Å². The monoisotopic (exact) mass is 328 g/mol. The van der Waals surface area contributed by atoms with Crippen LogP contribution in [0.3, 0.4) is 0 Å². The van der Waals surface area contributed by atoms with Crippen LogP contribution in [0.25, 0.3) is 0 Å². The van der Waals surface area contributed by atoms with Gasteiger partial charge in [0, 0.05) is 22.4 Å². The minimum absolute atomic E-state index is 0.163. The highest BCUT2D eigenvalue weighted by molar-refractivity contribution is 9.10. The van der Waals surface area contributed by atoms with Crippen LogP contribution in [0.2, 0.25) is 0 Å². The molecule has 0 bridgehead atoms. The molecule has 1 saturated carbocycles. The molecule has 1 heterocycles. The van der Waals surface area contributed by atoms with Crippen LogP contribution in [0.4, 0.5) is 0 Å². The molecule has 2 aliphatic rings. The van der Waals surface area contributed by atoms with Crippen LogP contribution in [0.1, 0.15) is 24.8 Å². The first-order valence-corrected chi connectivity index (χ1v) is 7.98. The van der Waals surface area contributed by atoms with Gasteiger partial charge in [-0.3, -0.25) is 0 Å². The van der Waals surface area contributed by atoms with Crippen molar-refractivity contribution in [1.29, 1.82) is 0 Å². The van der Waals surface area contributed by atoms with E-state index in [0.717, 1.165) is 29.8 Å². The molecule has 98 valence electrons. The lowest BCUT2D eigenvalue weighted by Crippen LogP contribution is -2.36. The molecule has 0 amide bonds. The van der Waals surface area contributed by atoms with Crippen LogP contribution >= 0.6 is 27.5 Å². The maximum atomic E-state index is 6.32. The minimum Gasteiger partial charge on any atom is -0.377 e. The maximum absolute atomic E-state index is 6.32. The van der Waals surface area contributed by atoms with Gasteiger partial charge in [-0.25, -0.2) is 0 Å². The molecule has 0 spiro atoms. The number of alkyl halides is 1. The van der Waals surface area contributed by atoms with E-state index in [1.165, 1.54) is 18.4 Å². The molecule has 1 saturated heterocycles. The van der Waals surface area contributed by atoms with Crippen molar-refractivity contribution in [2.45, 2.75) is 31.8 Å². The minimum atomic E-state index is 0.163. The first-order chi connectivity index (χ1) is 8.73. The van der Waals surface area contributed by atoms with E-state index in [4.69, 9.17) is 16.3 Å². The number of hydrogen-bond acceptors (Lipinski definition) is 1. The molecule has 0 N–H and O–H groups in total. The number of benzene rings is 1. The number of ether oxygens (including phenoxy) is 1. The molecule has 3 rings (SSSR count). The van der Waals surface area contributed by atoms with Crippen LogP contribution < -0.4 is 0 Å². The maximum Gasteiger partial charge on any atom is 0.0674 e. The largest absolute Gasteiger partial charge is 0.377 e. The Morgan fingerprint density at radius 3 is 2.61 bits per heavy atom. The predicted molar refractivity (Wildman–Crippen MR) is 78.1 cm³/mol. The van der Waals surface area contributed by atoms with Gasteiger partial charge < -0.3 is 4.74 Å². The third-order valence-electron chi connectivity index (χ3n) is 4.29. The fraction of sp³-hybridized carbons (Fsp3) is 0.600. The molecule has 1 aliphatic heterocycles. The lowest BCUT2D eigenvalue weighted by molar-refractivity contribution is 0.0403. The van der Waals surface area contributed by atoms with Crippen molar-refractivity contribution in [3.8, 4) is 0 Å². The van der Waals surface area contributed by atoms with Crippen LogP contribution in [-0.4, -0.2) is 18.6 Å². The zero-order chi connectivity index (χ0) is 12.6. The highest BCUT2D eigenvalue weighted by Gasteiger charge is 2.50. The summed E-state index contributed by atoms with van der Waals surface area (Å²) >= 11 is 9.81. The van der Waals surface area contributed by atoms with Crippen molar-refractivity contribution >= 4 is 27.5 Å². The Kier molecular flexibility index (Phi) is 3.70. The first-order valence-electron chi connectivity index (χ1n) is 6.65. The van der Waals surface area contributed by atoms with E-state index in [-0.39, 0.29) is 5.41 Å². The molecule has 1 aliphatic carbocycles. The van der Waals surface area contributed by atoms with Crippen molar-refractivity contribution in [2.24, 2.45) is 11.3 Å². The molecule has 2 atom stereocenters. The van der Waals surface area contributed by atoms with E-state index in [1.54, 1.807) is 0 Å². The average Bonchev–Trinajstić information content (AvgIpc) is 3.14. The van der Waals surface area contributed by atoms with Gasteiger partial charge in [0.2, 0.25) is 0 Å². The molecule has 3 heteroatoms. The van der Waals surface area contributed by atoms with Crippen LogP contribution in [0.15, 0.2) is 28.7 Å². The first kappa shape index (κ1) is 13.0. The van der Waals surface area contributed by atoms with E-state index < -0.39 is 0 Å². The van der Waals surface area contributed by atoms with Gasteiger partial charge in [0.15, 0.2) is 0 Å². The highest BCUT2D eigenvalue weighted by atomic mass is 79.9. The normalized spacial score (nSPS) is 31.8. The quantitative estimate of drug-likeness (QED) is 0.743. The van der Waals surface area contributed by atoms with Crippen molar-refractivity contribution in [2.75, 3.05) is 12.5 Å². The summed E-state index contributed by atoms with van der Waals surface area (Å²) in [5, 5.41) is 0. The fourth-order valence-corrected chi connectivity index (χ4v) is 3.78. The molecule has 2 unspecified atom stereocenters. The molecule has 1 aromatic carbocycles. The standard InChI is InChI=1S/C15H18BrClO/c16-13-5-1-11(2-6-13)9-15(10-17)7-8-18-14(15)12-3-4-12/h1-2,5-6,12,14H,3-4,7-10H2. The molecular weight excluding hydrogens is 312 g/mol. The van der Waals surface area contributed by atoms with Gasteiger partial charge in [0.25, 0.3) is 0 Å². The van der Waals surface area contributed by atoms with Crippen LogP contribution in [-0.2, 0) is 11.2 Å². The van der Waals surface area contributed by atoms with E-state index >= 15 is 0 Å². The predicted octanol–water partition coefficient (Wildman–Crippen LogP) is 4.42. The summed E-state index contributed by atoms with van der Waals surface area (Å²) in [6.45, 7) is 0.879. The zero-order valence-electron chi connectivity index (χ0n) is 10.4. The SMILES string of the molecule is ClCC1(Cc2ccc(Br)cc2)CCOC1C1CC1. The van der Waals surface area contributed by atoms with E-state index in [2.05, 4.69) is 40.2 Å². The number of rotatable bonds is 4. The smallest absolute Gasteiger partial charge is 0.0674 e. The number of halogens is 2. The lowest BCUT2D eigenvalue weighted by atomic mass is 9.76.